The predicted molar refractivity (Wildman–Crippen MR) is 48.0 cm³/mol. The van der Waals surface area contributed by atoms with Gasteiger partial charge in [-0.3, -0.25) is 0 Å². The van der Waals surface area contributed by atoms with Crippen LogP contribution < -0.4 is 4.74 Å². The van der Waals surface area contributed by atoms with Gasteiger partial charge in [-0.1, -0.05) is 11.6 Å². The molecule has 1 aromatic carbocycles. The van der Waals surface area contributed by atoms with Crippen LogP contribution in [0.1, 0.15) is 11.1 Å². The molecule has 0 unspecified atom stereocenters. The first-order chi connectivity index (χ1) is 7.57. The van der Waals surface area contributed by atoms with Crippen LogP contribution >= 0.6 is 11.6 Å². The van der Waals surface area contributed by atoms with E-state index >= 15 is 0 Å². The molecule has 8 heteroatoms. The Bertz CT molecular complexity index is 423. The van der Waals surface area contributed by atoms with Crippen molar-refractivity contribution >= 4 is 11.6 Å². The van der Waals surface area contributed by atoms with E-state index < -0.39 is 34.3 Å². The van der Waals surface area contributed by atoms with Gasteiger partial charge in [0.25, 0.3) is 0 Å². The minimum Gasteiger partial charge on any atom is -0.496 e. The summed E-state index contributed by atoms with van der Waals surface area (Å²) in [6.45, 7) is 0. The summed E-state index contributed by atoms with van der Waals surface area (Å²) in [4.78, 5) is 0. The number of halogens is 7. The Hall–Kier alpha value is -1.11. The fourth-order valence-electron chi connectivity index (χ4n) is 1.16. The minimum atomic E-state index is -4.84. The third-order valence-corrected chi connectivity index (χ3v) is 2.21. The highest BCUT2D eigenvalue weighted by Crippen LogP contribution is 2.43. The Labute approximate surface area is 96.9 Å². The quantitative estimate of drug-likeness (QED) is 0.693. The molecule has 0 fully saturated rings. The molecule has 96 valence electrons. The van der Waals surface area contributed by atoms with Gasteiger partial charge in [-0.25, -0.2) is 0 Å². The highest BCUT2D eigenvalue weighted by Gasteiger charge is 2.39. The summed E-state index contributed by atoms with van der Waals surface area (Å²) in [5, 5.41) is -1.02. The second-order valence-electron chi connectivity index (χ2n) is 3.03. The minimum absolute atomic E-state index is 0.198. The summed E-state index contributed by atoms with van der Waals surface area (Å²) in [5.74, 6) is -0.922. The van der Waals surface area contributed by atoms with E-state index in [4.69, 9.17) is 11.6 Å². The summed E-state index contributed by atoms with van der Waals surface area (Å²) in [6, 6.07) is 0.425. The second kappa shape index (κ2) is 4.29. The first-order valence-corrected chi connectivity index (χ1v) is 4.47. The van der Waals surface area contributed by atoms with E-state index in [1.54, 1.807) is 0 Å². The molecule has 0 aliphatic heterocycles. The average molecular weight is 279 g/mol. The van der Waals surface area contributed by atoms with Crippen LogP contribution in [0.4, 0.5) is 26.3 Å². The van der Waals surface area contributed by atoms with Crippen LogP contribution in [0.25, 0.3) is 0 Å². The number of methoxy groups -OCH3 is 1. The van der Waals surface area contributed by atoms with Gasteiger partial charge in [-0.05, 0) is 12.1 Å². The van der Waals surface area contributed by atoms with Crippen molar-refractivity contribution in [3.8, 4) is 5.75 Å². The zero-order chi connectivity index (χ0) is 13.4. The largest absolute Gasteiger partial charge is 0.496 e. The van der Waals surface area contributed by atoms with Crippen LogP contribution in [-0.4, -0.2) is 7.11 Å². The third kappa shape index (κ3) is 2.96. The van der Waals surface area contributed by atoms with E-state index in [0.29, 0.717) is 0 Å². The summed E-state index contributed by atoms with van der Waals surface area (Å²) in [7, 11) is 0.846. The molecule has 0 saturated carbocycles. The molecule has 0 radical (unpaired) electrons. The maximum Gasteiger partial charge on any atom is 0.420 e. The van der Waals surface area contributed by atoms with Crippen molar-refractivity contribution in [1.82, 2.24) is 0 Å². The first kappa shape index (κ1) is 14.0. The van der Waals surface area contributed by atoms with Crippen molar-refractivity contribution in [2.75, 3.05) is 7.11 Å². The Balaban J connectivity index is 3.46. The zero-order valence-corrected chi connectivity index (χ0v) is 8.96. The summed E-state index contributed by atoms with van der Waals surface area (Å²) < 4.78 is 78.7. The second-order valence-corrected chi connectivity index (χ2v) is 3.44. The van der Waals surface area contributed by atoms with Gasteiger partial charge >= 0.3 is 12.4 Å². The van der Waals surface area contributed by atoms with Gasteiger partial charge in [-0.2, -0.15) is 26.3 Å². The highest BCUT2D eigenvalue weighted by molar-refractivity contribution is 6.31. The van der Waals surface area contributed by atoms with Gasteiger partial charge in [0.15, 0.2) is 0 Å². The van der Waals surface area contributed by atoms with E-state index in [2.05, 4.69) is 4.74 Å². The summed E-state index contributed by atoms with van der Waals surface area (Å²) >= 11 is 5.17. The van der Waals surface area contributed by atoms with E-state index in [1.165, 1.54) is 0 Å². The van der Waals surface area contributed by atoms with Crippen LogP contribution in [0.5, 0.6) is 5.75 Å². The number of rotatable bonds is 1. The highest BCUT2D eigenvalue weighted by atomic mass is 35.5. The van der Waals surface area contributed by atoms with E-state index in [1.807, 2.05) is 0 Å². The zero-order valence-electron chi connectivity index (χ0n) is 8.21. The molecular weight excluding hydrogens is 274 g/mol. The number of alkyl halides is 6. The van der Waals surface area contributed by atoms with Gasteiger partial charge in [0, 0.05) is 0 Å². The molecule has 0 bridgehead atoms. The molecule has 0 aromatic heterocycles. The van der Waals surface area contributed by atoms with E-state index in [9.17, 15) is 26.3 Å². The van der Waals surface area contributed by atoms with Gasteiger partial charge in [0.1, 0.15) is 5.75 Å². The van der Waals surface area contributed by atoms with Crippen molar-refractivity contribution in [3.63, 3.8) is 0 Å². The molecule has 0 heterocycles. The van der Waals surface area contributed by atoms with Crippen molar-refractivity contribution in [3.05, 3.63) is 28.3 Å². The van der Waals surface area contributed by atoms with E-state index in [-0.39, 0.29) is 12.1 Å². The Morgan fingerprint density at radius 2 is 1.41 bits per heavy atom. The molecule has 0 atom stereocenters. The molecule has 0 aliphatic rings. The number of benzene rings is 1. The molecule has 1 nitrogen and oxygen atoms in total. The van der Waals surface area contributed by atoms with Crippen molar-refractivity contribution in [2.45, 2.75) is 12.4 Å². The van der Waals surface area contributed by atoms with Gasteiger partial charge in [-0.15, -0.1) is 0 Å². The molecule has 0 aliphatic carbocycles. The smallest absolute Gasteiger partial charge is 0.420 e. The molecule has 1 aromatic rings. The van der Waals surface area contributed by atoms with Crippen LogP contribution in [0, 0.1) is 0 Å². The lowest BCUT2D eigenvalue weighted by atomic mass is 10.1. The maximum atomic E-state index is 12.4. The molecule has 1 rings (SSSR count). The van der Waals surface area contributed by atoms with Gasteiger partial charge < -0.3 is 4.74 Å². The van der Waals surface area contributed by atoms with Crippen LogP contribution in [0.2, 0.25) is 5.02 Å². The normalized spacial score (nSPS) is 12.7. The van der Waals surface area contributed by atoms with Crippen LogP contribution in [0.15, 0.2) is 12.1 Å². The monoisotopic (exact) mass is 278 g/mol. The molecule has 0 spiro atoms. The predicted octanol–water partition coefficient (Wildman–Crippen LogP) is 4.39. The number of ether oxygens (including phenoxy) is 1. The SMILES string of the molecule is COc1cc(C(F)(F)F)c(Cl)cc1C(F)(F)F. The summed E-state index contributed by atoms with van der Waals surface area (Å²) in [5.41, 5.74) is -2.72. The molecule has 0 N–H and O–H groups in total. The first-order valence-electron chi connectivity index (χ1n) is 4.09. The van der Waals surface area contributed by atoms with E-state index in [0.717, 1.165) is 7.11 Å². The van der Waals surface area contributed by atoms with Gasteiger partial charge in [0.2, 0.25) is 0 Å². The van der Waals surface area contributed by atoms with Crippen molar-refractivity contribution in [1.29, 1.82) is 0 Å². The fraction of sp³-hybridized carbons (Fsp3) is 0.333. The number of hydrogen-bond acceptors (Lipinski definition) is 1. The Morgan fingerprint density at radius 3 is 1.76 bits per heavy atom. The molecule has 17 heavy (non-hydrogen) atoms. The Kier molecular flexibility index (Phi) is 3.52. The van der Waals surface area contributed by atoms with Crippen molar-refractivity contribution < 1.29 is 31.1 Å². The van der Waals surface area contributed by atoms with Crippen LogP contribution in [0.3, 0.4) is 0 Å². The standard InChI is InChI=1S/C9H5ClF6O/c1-17-7-3-4(8(11,12)13)6(10)2-5(7)9(14,15)16/h2-3H,1H3. The van der Waals surface area contributed by atoms with Crippen molar-refractivity contribution in [2.24, 2.45) is 0 Å². The lowest BCUT2D eigenvalue weighted by Gasteiger charge is -2.16. The maximum absolute atomic E-state index is 12.4. The molecule has 0 saturated heterocycles. The number of hydrogen-bond donors (Lipinski definition) is 0. The molecule has 0 amide bonds. The average Bonchev–Trinajstić information content (AvgIpc) is 2.14. The lowest BCUT2D eigenvalue weighted by molar-refractivity contribution is -0.142. The molecular formula is C9H5ClF6O. The Morgan fingerprint density at radius 1 is 0.941 bits per heavy atom. The topological polar surface area (TPSA) is 9.23 Å². The van der Waals surface area contributed by atoms with Gasteiger partial charge in [0.05, 0.1) is 23.3 Å². The summed E-state index contributed by atoms with van der Waals surface area (Å²) in [6.07, 6.45) is -9.67. The fourth-order valence-corrected chi connectivity index (χ4v) is 1.43. The van der Waals surface area contributed by atoms with Crippen LogP contribution in [-0.2, 0) is 12.4 Å². The third-order valence-electron chi connectivity index (χ3n) is 1.90. The lowest BCUT2D eigenvalue weighted by Crippen LogP contribution is -2.12.